The second kappa shape index (κ2) is 5.23. The predicted octanol–water partition coefficient (Wildman–Crippen LogP) is 3.11. The summed E-state index contributed by atoms with van der Waals surface area (Å²) < 4.78 is 0. The molecule has 2 aliphatic heterocycles. The van der Waals surface area contributed by atoms with Crippen LogP contribution in [0.25, 0.3) is 0 Å². The van der Waals surface area contributed by atoms with E-state index in [4.69, 9.17) is 5.73 Å². The maximum absolute atomic E-state index is 6.32. The molecule has 0 aromatic carbocycles. The van der Waals surface area contributed by atoms with E-state index in [0.29, 0.717) is 11.0 Å². The summed E-state index contributed by atoms with van der Waals surface area (Å²) in [5.41, 5.74) is 7.06. The molecule has 0 radical (unpaired) electrons. The van der Waals surface area contributed by atoms with Crippen molar-refractivity contribution in [3.63, 3.8) is 0 Å². The monoisotopic (exact) mass is 282 g/mol. The smallest absolute Gasteiger partial charge is 0.0430 e. The molecule has 1 saturated carbocycles. The van der Waals surface area contributed by atoms with Gasteiger partial charge in [0, 0.05) is 23.9 Å². The quantitative estimate of drug-likeness (QED) is 0.844. The van der Waals surface area contributed by atoms with E-state index in [0.717, 1.165) is 18.5 Å². The van der Waals surface area contributed by atoms with Crippen LogP contribution in [0.1, 0.15) is 52.4 Å². The van der Waals surface area contributed by atoms with Gasteiger partial charge in [0.1, 0.15) is 0 Å². The van der Waals surface area contributed by atoms with Crippen molar-refractivity contribution in [1.29, 1.82) is 0 Å². The lowest BCUT2D eigenvalue weighted by Crippen LogP contribution is -2.64. The first-order chi connectivity index (χ1) is 9.06. The molecule has 1 aliphatic carbocycles. The molecule has 0 bridgehead atoms. The minimum Gasteiger partial charge on any atom is -0.329 e. The molecule has 110 valence electrons. The Bertz CT molecular complexity index is 331. The molecule has 3 rings (SSSR count). The minimum absolute atomic E-state index is 0.292. The molecule has 2 nitrogen and oxygen atoms in total. The fourth-order valence-corrected chi connectivity index (χ4v) is 6.51. The van der Waals surface area contributed by atoms with Crippen molar-refractivity contribution in [2.45, 2.75) is 64.0 Å². The average Bonchev–Trinajstić information content (AvgIpc) is 2.85. The van der Waals surface area contributed by atoms with Gasteiger partial charge in [0.15, 0.2) is 0 Å². The van der Waals surface area contributed by atoms with E-state index >= 15 is 0 Å². The summed E-state index contributed by atoms with van der Waals surface area (Å²) in [6, 6.07) is 0.854. The first-order valence-electron chi connectivity index (χ1n) is 8.11. The Labute approximate surface area is 122 Å². The van der Waals surface area contributed by atoms with Crippen molar-refractivity contribution in [2.24, 2.45) is 17.1 Å². The molecule has 3 atom stereocenters. The van der Waals surface area contributed by atoms with Crippen molar-refractivity contribution in [3.05, 3.63) is 0 Å². The van der Waals surface area contributed by atoms with Crippen molar-refractivity contribution in [2.75, 3.05) is 24.6 Å². The molecule has 3 unspecified atom stereocenters. The van der Waals surface area contributed by atoms with E-state index in [1.165, 1.54) is 56.6 Å². The SMILES string of the molecule is CC1(C)CSCC(CN)(N2CCCC3CCCC32)C1. The molecule has 3 aliphatic rings. The standard InChI is InChI=1S/C16H30N2S/c1-15(2)9-16(10-17,12-19-11-15)18-8-4-6-13-5-3-7-14(13)18/h13-14H,3-12,17H2,1-2H3. The van der Waals surface area contributed by atoms with E-state index in [1.54, 1.807) is 0 Å². The molecule has 0 amide bonds. The van der Waals surface area contributed by atoms with Crippen molar-refractivity contribution < 1.29 is 0 Å². The maximum Gasteiger partial charge on any atom is 0.0430 e. The van der Waals surface area contributed by atoms with Gasteiger partial charge in [-0.3, -0.25) is 4.90 Å². The summed E-state index contributed by atoms with van der Waals surface area (Å²) in [6.07, 6.45) is 8.51. The van der Waals surface area contributed by atoms with E-state index in [1.807, 2.05) is 0 Å². The van der Waals surface area contributed by atoms with Gasteiger partial charge in [-0.15, -0.1) is 0 Å². The lowest BCUT2D eigenvalue weighted by atomic mass is 9.76. The lowest BCUT2D eigenvalue weighted by molar-refractivity contribution is -0.00774. The van der Waals surface area contributed by atoms with Gasteiger partial charge in [0.25, 0.3) is 0 Å². The van der Waals surface area contributed by atoms with Crippen molar-refractivity contribution >= 4 is 11.8 Å². The number of rotatable bonds is 2. The summed E-state index contributed by atoms with van der Waals surface area (Å²) in [4.78, 5) is 2.88. The number of likely N-dealkylation sites (tertiary alicyclic amines) is 1. The van der Waals surface area contributed by atoms with Crippen LogP contribution >= 0.6 is 11.8 Å². The first kappa shape index (κ1) is 14.2. The molecule has 3 heteroatoms. The maximum atomic E-state index is 6.32. The van der Waals surface area contributed by atoms with E-state index in [9.17, 15) is 0 Å². The Hall–Kier alpha value is 0.270. The second-order valence-electron chi connectivity index (χ2n) is 7.86. The average molecular weight is 282 g/mol. The highest BCUT2D eigenvalue weighted by atomic mass is 32.2. The van der Waals surface area contributed by atoms with Gasteiger partial charge in [0.2, 0.25) is 0 Å². The highest BCUT2D eigenvalue weighted by molar-refractivity contribution is 7.99. The third kappa shape index (κ3) is 2.58. The summed E-state index contributed by atoms with van der Waals surface area (Å²) in [6.45, 7) is 7.01. The third-order valence-corrected chi connectivity index (χ3v) is 7.38. The highest BCUT2D eigenvalue weighted by Crippen LogP contribution is 2.47. The molecule has 2 saturated heterocycles. The number of fused-ring (bicyclic) bond motifs is 1. The molecule has 0 aromatic rings. The Morgan fingerprint density at radius 2 is 1.95 bits per heavy atom. The van der Waals surface area contributed by atoms with Crippen LogP contribution in [0.15, 0.2) is 0 Å². The minimum atomic E-state index is 0.292. The molecule has 3 fully saturated rings. The molecule has 0 spiro atoms. The number of hydrogen-bond acceptors (Lipinski definition) is 3. The summed E-state index contributed by atoms with van der Waals surface area (Å²) in [5, 5.41) is 0. The van der Waals surface area contributed by atoms with Gasteiger partial charge in [-0.05, 0) is 55.7 Å². The summed E-state index contributed by atoms with van der Waals surface area (Å²) in [5.74, 6) is 3.54. The molecule has 0 aromatic heterocycles. The molecule has 2 N–H and O–H groups in total. The zero-order chi connectivity index (χ0) is 13.5. The number of nitrogens with zero attached hydrogens (tertiary/aromatic N) is 1. The van der Waals surface area contributed by atoms with E-state index in [2.05, 4.69) is 30.5 Å². The first-order valence-corrected chi connectivity index (χ1v) is 9.26. The van der Waals surface area contributed by atoms with Crippen LogP contribution < -0.4 is 5.73 Å². The van der Waals surface area contributed by atoms with Gasteiger partial charge in [-0.2, -0.15) is 11.8 Å². The summed E-state index contributed by atoms with van der Waals surface area (Å²) >= 11 is 2.14. The van der Waals surface area contributed by atoms with Crippen LogP contribution in [0, 0.1) is 11.3 Å². The van der Waals surface area contributed by atoms with Gasteiger partial charge in [-0.25, -0.2) is 0 Å². The number of nitrogens with two attached hydrogens (primary N) is 1. The molecule has 2 heterocycles. The molecular formula is C16H30N2S. The third-order valence-electron chi connectivity index (χ3n) is 5.65. The van der Waals surface area contributed by atoms with Crippen molar-refractivity contribution in [1.82, 2.24) is 4.90 Å². The van der Waals surface area contributed by atoms with Crippen LogP contribution in [-0.4, -0.2) is 41.1 Å². The Morgan fingerprint density at radius 1 is 1.16 bits per heavy atom. The number of hydrogen-bond donors (Lipinski definition) is 1. The number of thioether (sulfide) groups is 1. The zero-order valence-electron chi connectivity index (χ0n) is 12.7. The fourth-order valence-electron chi connectivity index (χ4n) is 4.99. The van der Waals surface area contributed by atoms with Gasteiger partial charge in [0.05, 0.1) is 0 Å². The van der Waals surface area contributed by atoms with Gasteiger partial charge < -0.3 is 5.73 Å². The topological polar surface area (TPSA) is 29.3 Å². The van der Waals surface area contributed by atoms with E-state index < -0.39 is 0 Å². The molecule has 19 heavy (non-hydrogen) atoms. The van der Waals surface area contributed by atoms with Crippen LogP contribution in [-0.2, 0) is 0 Å². The lowest BCUT2D eigenvalue weighted by Gasteiger charge is -2.55. The van der Waals surface area contributed by atoms with Crippen LogP contribution in [0.5, 0.6) is 0 Å². The number of piperidine rings is 1. The predicted molar refractivity (Wildman–Crippen MR) is 84.6 cm³/mol. The van der Waals surface area contributed by atoms with Gasteiger partial charge in [-0.1, -0.05) is 20.3 Å². The Morgan fingerprint density at radius 3 is 2.68 bits per heavy atom. The summed E-state index contributed by atoms with van der Waals surface area (Å²) in [7, 11) is 0. The zero-order valence-corrected chi connectivity index (χ0v) is 13.5. The van der Waals surface area contributed by atoms with Crippen molar-refractivity contribution in [3.8, 4) is 0 Å². The van der Waals surface area contributed by atoms with Crippen LogP contribution in [0.3, 0.4) is 0 Å². The van der Waals surface area contributed by atoms with Crippen LogP contribution in [0.4, 0.5) is 0 Å². The molecular weight excluding hydrogens is 252 g/mol. The highest BCUT2D eigenvalue weighted by Gasteiger charge is 2.49. The van der Waals surface area contributed by atoms with E-state index in [-0.39, 0.29) is 0 Å². The largest absolute Gasteiger partial charge is 0.329 e. The fraction of sp³-hybridized carbons (Fsp3) is 1.00. The second-order valence-corrected chi connectivity index (χ2v) is 8.84. The Kier molecular flexibility index (Phi) is 3.92. The normalized spacial score (nSPS) is 43.1. The van der Waals surface area contributed by atoms with Crippen LogP contribution in [0.2, 0.25) is 0 Å². The Balaban J connectivity index is 1.84. The van der Waals surface area contributed by atoms with Gasteiger partial charge >= 0.3 is 0 Å².